The first-order chi connectivity index (χ1) is 7.16. The predicted molar refractivity (Wildman–Crippen MR) is 60.1 cm³/mol. The van der Waals surface area contributed by atoms with Crippen molar-refractivity contribution in [3.63, 3.8) is 0 Å². The van der Waals surface area contributed by atoms with Gasteiger partial charge in [0.25, 0.3) is 0 Å². The van der Waals surface area contributed by atoms with E-state index >= 15 is 0 Å². The Morgan fingerprint density at radius 2 is 2.00 bits per heavy atom. The second kappa shape index (κ2) is 3.93. The average molecular weight is 204 g/mol. The highest BCUT2D eigenvalue weighted by molar-refractivity contribution is 5.81. The fraction of sp³-hybridized carbons (Fsp3) is 0.417. The quantitative estimate of drug-likeness (QED) is 0.738. The van der Waals surface area contributed by atoms with Crippen LogP contribution in [0, 0.1) is 5.92 Å². The zero-order chi connectivity index (χ0) is 10.8. The molecular formula is C12H16N2O. The SMILES string of the molecule is CC(NC(=O)C1CC1)c1ccc(N)cc1. The molecule has 0 spiro atoms. The van der Waals surface area contributed by atoms with Gasteiger partial charge in [-0.15, -0.1) is 0 Å². The van der Waals surface area contributed by atoms with Crippen LogP contribution in [0.25, 0.3) is 0 Å². The van der Waals surface area contributed by atoms with Crippen LogP contribution in [0.4, 0.5) is 5.69 Å². The molecule has 2 rings (SSSR count). The van der Waals surface area contributed by atoms with Crippen molar-refractivity contribution in [2.24, 2.45) is 5.92 Å². The summed E-state index contributed by atoms with van der Waals surface area (Å²) in [5, 5.41) is 3.00. The van der Waals surface area contributed by atoms with Crippen molar-refractivity contribution in [2.45, 2.75) is 25.8 Å². The number of carbonyl (C=O) groups excluding carboxylic acids is 1. The molecule has 80 valence electrons. The minimum Gasteiger partial charge on any atom is -0.399 e. The third-order valence-corrected chi connectivity index (χ3v) is 2.74. The highest BCUT2D eigenvalue weighted by Gasteiger charge is 2.30. The molecule has 0 aliphatic heterocycles. The largest absolute Gasteiger partial charge is 0.399 e. The molecule has 0 heterocycles. The third kappa shape index (κ3) is 2.49. The molecule has 1 aliphatic carbocycles. The number of anilines is 1. The summed E-state index contributed by atoms with van der Waals surface area (Å²) < 4.78 is 0. The van der Waals surface area contributed by atoms with Gasteiger partial charge >= 0.3 is 0 Å². The highest BCUT2D eigenvalue weighted by atomic mass is 16.2. The molecule has 3 heteroatoms. The molecule has 3 N–H and O–H groups in total. The molecule has 0 bridgehead atoms. The minimum atomic E-state index is 0.0682. The molecule has 0 saturated heterocycles. The zero-order valence-corrected chi connectivity index (χ0v) is 8.86. The van der Waals surface area contributed by atoms with E-state index in [1.807, 2.05) is 31.2 Å². The summed E-state index contributed by atoms with van der Waals surface area (Å²) in [7, 11) is 0. The number of benzene rings is 1. The van der Waals surface area contributed by atoms with Gasteiger partial charge in [0.2, 0.25) is 5.91 Å². The van der Waals surface area contributed by atoms with Crippen molar-refractivity contribution in [2.75, 3.05) is 5.73 Å². The Morgan fingerprint density at radius 1 is 1.40 bits per heavy atom. The Bertz CT molecular complexity index is 354. The molecular weight excluding hydrogens is 188 g/mol. The third-order valence-electron chi connectivity index (χ3n) is 2.74. The molecule has 15 heavy (non-hydrogen) atoms. The van der Waals surface area contributed by atoms with Crippen molar-refractivity contribution < 1.29 is 4.79 Å². The van der Waals surface area contributed by atoms with E-state index in [1.165, 1.54) is 0 Å². The Balaban J connectivity index is 1.97. The van der Waals surface area contributed by atoms with Gasteiger partial charge < -0.3 is 11.1 Å². The van der Waals surface area contributed by atoms with E-state index < -0.39 is 0 Å². The zero-order valence-electron chi connectivity index (χ0n) is 8.86. The maximum Gasteiger partial charge on any atom is 0.223 e. The van der Waals surface area contributed by atoms with E-state index in [0.29, 0.717) is 0 Å². The van der Waals surface area contributed by atoms with Crippen molar-refractivity contribution in [1.82, 2.24) is 5.32 Å². The van der Waals surface area contributed by atoms with Crippen LogP contribution in [-0.2, 0) is 4.79 Å². The van der Waals surface area contributed by atoms with Crippen LogP contribution in [0.15, 0.2) is 24.3 Å². The molecule has 0 radical (unpaired) electrons. The fourth-order valence-corrected chi connectivity index (χ4v) is 1.54. The standard InChI is InChI=1S/C12H16N2O/c1-8(14-12(15)10-2-3-10)9-4-6-11(13)7-5-9/h4-8,10H,2-3,13H2,1H3,(H,14,15). The van der Waals surface area contributed by atoms with Crippen molar-refractivity contribution in [3.05, 3.63) is 29.8 Å². The Labute approximate surface area is 89.7 Å². The molecule has 1 amide bonds. The van der Waals surface area contributed by atoms with E-state index in [0.717, 1.165) is 24.1 Å². The molecule has 3 nitrogen and oxygen atoms in total. The van der Waals surface area contributed by atoms with Crippen LogP contribution in [0.3, 0.4) is 0 Å². The maximum absolute atomic E-state index is 11.5. The molecule has 1 unspecified atom stereocenters. The van der Waals surface area contributed by atoms with E-state index in [-0.39, 0.29) is 17.9 Å². The molecule has 1 aromatic carbocycles. The highest BCUT2D eigenvalue weighted by Crippen LogP contribution is 2.29. The van der Waals surface area contributed by atoms with Crippen molar-refractivity contribution in [3.8, 4) is 0 Å². The molecule has 1 atom stereocenters. The lowest BCUT2D eigenvalue weighted by molar-refractivity contribution is -0.122. The van der Waals surface area contributed by atoms with Crippen molar-refractivity contribution in [1.29, 1.82) is 0 Å². The summed E-state index contributed by atoms with van der Waals surface area (Å²) in [4.78, 5) is 11.5. The predicted octanol–water partition coefficient (Wildman–Crippen LogP) is 1.86. The Kier molecular flexibility index (Phi) is 2.62. The van der Waals surface area contributed by atoms with Crippen LogP contribution in [0.5, 0.6) is 0 Å². The number of nitrogens with one attached hydrogen (secondary N) is 1. The molecule has 1 aliphatic rings. The van der Waals surface area contributed by atoms with Gasteiger partial charge in [-0.3, -0.25) is 4.79 Å². The Morgan fingerprint density at radius 3 is 2.53 bits per heavy atom. The molecule has 1 aromatic rings. The minimum absolute atomic E-state index is 0.0682. The van der Waals surface area contributed by atoms with Crippen LogP contribution in [0.1, 0.15) is 31.4 Å². The number of hydrogen-bond donors (Lipinski definition) is 2. The van der Waals surface area contributed by atoms with Crippen LogP contribution >= 0.6 is 0 Å². The topological polar surface area (TPSA) is 55.1 Å². The van der Waals surface area contributed by atoms with Gasteiger partial charge in [0.15, 0.2) is 0 Å². The van der Waals surface area contributed by atoms with Gasteiger partial charge in [-0.1, -0.05) is 12.1 Å². The van der Waals surface area contributed by atoms with Crippen LogP contribution in [0.2, 0.25) is 0 Å². The monoisotopic (exact) mass is 204 g/mol. The normalized spacial score (nSPS) is 17.1. The lowest BCUT2D eigenvalue weighted by Gasteiger charge is -2.14. The van der Waals surface area contributed by atoms with Crippen LogP contribution < -0.4 is 11.1 Å². The number of carbonyl (C=O) groups is 1. The summed E-state index contributed by atoms with van der Waals surface area (Å²) in [6.45, 7) is 1.99. The maximum atomic E-state index is 11.5. The number of amides is 1. The van der Waals surface area contributed by atoms with E-state index in [1.54, 1.807) is 0 Å². The second-order valence-corrected chi connectivity index (χ2v) is 4.17. The Hall–Kier alpha value is -1.51. The van der Waals surface area contributed by atoms with E-state index in [9.17, 15) is 4.79 Å². The number of nitrogens with two attached hydrogens (primary N) is 1. The number of nitrogen functional groups attached to an aromatic ring is 1. The molecule has 1 saturated carbocycles. The molecule has 0 aromatic heterocycles. The summed E-state index contributed by atoms with van der Waals surface area (Å²) in [6, 6.07) is 7.68. The average Bonchev–Trinajstić information content (AvgIpc) is 3.01. The fourth-order valence-electron chi connectivity index (χ4n) is 1.54. The second-order valence-electron chi connectivity index (χ2n) is 4.17. The van der Waals surface area contributed by atoms with Crippen LogP contribution in [-0.4, -0.2) is 5.91 Å². The summed E-state index contributed by atoms with van der Waals surface area (Å²) in [6.07, 6.45) is 2.08. The van der Waals surface area contributed by atoms with Crippen molar-refractivity contribution >= 4 is 11.6 Å². The summed E-state index contributed by atoms with van der Waals surface area (Å²) in [5.41, 5.74) is 7.44. The summed E-state index contributed by atoms with van der Waals surface area (Å²) in [5.74, 6) is 0.445. The smallest absolute Gasteiger partial charge is 0.223 e. The van der Waals surface area contributed by atoms with Gasteiger partial charge in [-0.05, 0) is 37.5 Å². The van der Waals surface area contributed by atoms with Gasteiger partial charge in [-0.2, -0.15) is 0 Å². The molecule has 1 fully saturated rings. The first-order valence-electron chi connectivity index (χ1n) is 5.32. The lowest BCUT2D eigenvalue weighted by atomic mass is 10.1. The first-order valence-corrected chi connectivity index (χ1v) is 5.32. The van der Waals surface area contributed by atoms with E-state index in [4.69, 9.17) is 5.73 Å². The summed E-state index contributed by atoms with van der Waals surface area (Å²) >= 11 is 0. The van der Waals surface area contributed by atoms with Gasteiger partial charge in [0.1, 0.15) is 0 Å². The number of rotatable bonds is 3. The van der Waals surface area contributed by atoms with Gasteiger partial charge in [0, 0.05) is 11.6 Å². The van der Waals surface area contributed by atoms with E-state index in [2.05, 4.69) is 5.32 Å². The number of hydrogen-bond acceptors (Lipinski definition) is 2. The van der Waals surface area contributed by atoms with Gasteiger partial charge in [0.05, 0.1) is 6.04 Å². The first kappa shape index (κ1) is 10.0. The van der Waals surface area contributed by atoms with Gasteiger partial charge in [-0.25, -0.2) is 0 Å². The lowest BCUT2D eigenvalue weighted by Crippen LogP contribution is -2.27.